The first-order chi connectivity index (χ1) is 10.1. The quantitative estimate of drug-likeness (QED) is 0.788. The van der Waals surface area contributed by atoms with Crippen molar-refractivity contribution in [2.45, 2.75) is 58.3 Å². The fourth-order valence-electron chi connectivity index (χ4n) is 2.59. The van der Waals surface area contributed by atoms with E-state index in [1.807, 2.05) is 24.3 Å². The van der Waals surface area contributed by atoms with Crippen molar-refractivity contribution in [1.82, 2.24) is 0 Å². The van der Waals surface area contributed by atoms with E-state index < -0.39 is 7.12 Å². The van der Waals surface area contributed by atoms with Crippen LogP contribution in [0.15, 0.2) is 29.3 Å². The van der Waals surface area contributed by atoms with Crippen LogP contribution in [0.1, 0.15) is 47.1 Å². The molecule has 0 aliphatic carbocycles. The summed E-state index contributed by atoms with van der Waals surface area (Å²) in [6.45, 7) is 13.0. The van der Waals surface area contributed by atoms with E-state index in [2.05, 4.69) is 46.5 Å². The molecule has 0 atom stereocenters. The van der Waals surface area contributed by atoms with Gasteiger partial charge in [0, 0.05) is 5.56 Å². The highest BCUT2D eigenvalue weighted by Crippen LogP contribution is 2.36. The summed E-state index contributed by atoms with van der Waals surface area (Å²) >= 11 is 0. The number of nitrogens with zero attached hydrogens (tertiary/aromatic N) is 1. The lowest BCUT2D eigenvalue weighted by Crippen LogP contribution is -2.41. The van der Waals surface area contributed by atoms with Gasteiger partial charge in [0.1, 0.15) is 6.61 Å². The topological polar surface area (TPSA) is 40.0 Å². The molecule has 5 heteroatoms. The molecule has 1 aromatic carbocycles. The molecule has 2 aliphatic rings. The molecule has 0 unspecified atom stereocenters. The molecular formula is C17H24BNO3. The predicted octanol–water partition coefficient (Wildman–Crippen LogP) is 2.54. The summed E-state index contributed by atoms with van der Waals surface area (Å²) in [7, 11) is -0.406. The van der Waals surface area contributed by atoms with Crippen LogP contribution in [0.5, 0.6) is 0 Å². The van der Waals surface area contributed by atoms with Gasteiger partial charge in [0.25, 0.3) is 0 Å². The van der Waals surface area contributed by atoms with Crippen molar-refractivity contribution in [2.24, 2.45) is 4.99 Å². The lowest BCUT2D eigenvalue weighted by atomic mass is 9.76. The predicted molar refractivity (Wildman–Crippen MR) is 88.7 cm³/mol. The third kappa shape index (κ3) is 2.57. The minimum absolute atomic E-state index is 0.182. The van der Waals surface area contributed by atoms with Gasteiger partial charge in [-0.3, -0.25) is 0 Å². The highest BCUT2D eigenvalue weighted by molar-refractivity contribution is 6.63. The zero-order valence-electron chi connectivity index (χ0n) is 14.3. The van der Waals surface area contributed by atoms with Crippen LogP contribution in [0.4, 0.5) is 0 Å². The Hall–Kier alpha value is -1.33. The Morgan fingerprint density at radius 2 is 1.55 bits per heavy atom. The van der Waals surface area contributed by atoms with Crippen molar-refractivity contribution in [1.29, 1.82) is 0 Å². The van der Waals surface area contributed by atoms with Gasteiger partial charge < -0.3 is 14.0 Å². The molecule has 118 valence electrons. The van der Waals surface area contributed by atoms with E-state index in [0.717, 1.165) is 11.0 Å². The first kappa shape index (κ1) is 15.6. The minimum atomic E-state index is -0.406. The molecule has 0 spiro atoms. The van der Waals surface area contributed by atoms with Gasteiger partial charge in [0.15, 0.2) is 0 Å². The van der Waals surface area contributed by atoms with Crippen LogP contribution in [0.25, 0.3) is 0 Å². The molecule has 0 aromatic heterocycles. The van der Waals surface area contributed by atoms with Gasteiger partial charge in [-0.25, -0.2) is 4.99 Å². The first-order valence-corrected chi connectivity index (χ1v) is 7.79. The Labute approximate surface area is 133 Å². The van der Waals surface area contributed by atoms with Crippen LogP contribution in [0, 0.1) is 0 Å². The van der Waals surface area contributed by atoms with Crippen LogP contribution < -0.4 is 5.46 Å². The average Bonchev–Trinajstić information content (AvgIpc) is 2.87. The van der Waals surface area contributed by atoms with E-state index in [-0.39, 0.29) is 16.7 Å². The van der Waals surface area contributed by atoms with Gasteiger partial charge in [0.05, 0.1) is 16.7 Å². The van der Waals surface area contributed by atoms with Gasteiger partial charge in [-0.15, -0.1) is 0 Å². The van der Waals surface area contributed by atoms with Gasteiger partial charge in [-0.05, 0) is 53.1 Å². The molecule has 0 bridgehead atoms. The number of hydrogen-bond donors (Lipinski definition) is 0. The fraction of sp³-hybridized carbons (Fsp3) is 0.588. The smallest absolute Gasteiger partial charge is 0.475 e. The summed E-state index contributed by atoms with van der Waals surface area (Å²) < 4.78 is 18.1. The standard InChI is InChI=1S/C17H24BNO3/c1-15(2)11-20-14(19-15)12-9-7-8-10-13(12)18-21-16(3,4)17(5,6)22-18/h7-10H,11H2,1-6H3. The first-order valence-electron chi connectivity index (χ1n) is 7.79. The average molecular weight is 301 g/mol. The van der Waals surface area contributed by atoms with Crippen molar-refractivity contribution < 1.29 is 14.0 Å². The number of rotatable bonds is 2. The molecule has 4 nitrogen and oxygen atoms in total. The van der Waals surface area contributed by atoms with Crippen LogP contribution in [0.3, 0.4) is 0 Å². The Morgan fingerprint density at radius 3 is 2.09 bits per heavy atom. The summed E-state index contributed by atoms with van der Waals surface area (Å²) in [6.07, 6.45) is 0. The molecule has 1 saturated heterocycles. The maximum atomic E-state index is 6.17. The highest BCUT2D eigenvalue weighted by Gasteiger charge is 2.52. The highest BCUT2D eigenvalue weighted by atomic mass is 16.7. The number of ether oxygens (including phenoxy) is 1. The second-order valence-corrected chi connectivity index (χ2v) is 7.69. The lowest BCUT2D eigenvalue weighted by Gasteiger charge is -2.32. The fourth-order valence-corrected chi connectivity index (χ4v) is 2.59. The summed E-state index contributed by atoms with van der Waals surface area (Å²) in [4.78, 5) is 4.68. The van der Waals surface area contributed by atoms with Crippen LogP contribution in [-0.2, 0) is 14.0 Å². The van der Waals surface area contributed by atoms with E-state index in [9.17, 15) is 0 Å². The molecule has 22 heavy (non-hydrogen) atoms. The van der Waals surface area contributed by atoms with Crippen LogP contribution in [0.2, 0.25) is 0 Å². The van der Waals surface area contributed by atoms with Gasteiger partial charge in [-0.2, -0.15) is 0 Å². The third-order valence-electron chi connectivity index (χ3n) is 4.66. The number of hydrogen-bond acceptors (Lipinski definition) is 4. The van der Waals surface area contributed by atoms with Gasteiger partial charge in [-0.1, -0.05) is 18.2 Å². The van der Waals surface area contributed by atoms with Crippen molar-refractivity contribution in [3.05, 3.63) is 29.8 Å². The van der Waals surface area contributed by atoms with E-state index in [0.29, 0.717) is 12.5 Å². The maximum Gasteiger partial charge on any atom is 0.495 e. The van der Waals surface area contributed by atoms with E-state index in [1.54, 1.807) is 0 Å². The summed E-state index contributed by atoms with van der Waals surface area (Å²) in [5, 5.41) is 0. The van der Waals surface area contributed by atoms with Crippen molar-refractivity contribution in [3.63, 3.8) is 0 Å². The van der Waals surface area contributed by atoms with Gasteiger partial charge >= 0.3 is 7.12 Å². The molecular weight excluding hydrogens is 277 g/mol. The normalized spacial score (nSPS) is 25.0. The molecule has 2 aliphatic heterocycles. The molecule has 0 N–H and O–H groups in total. The summed E-state index contributed by atoms with van der Waals surface area (Å²) in [5.74, 6) is 0.676. The molecule has 2 heterocycles. The van der Waals surface area contributed by atoms with Crippen LogP contribution in [-0.4, -0.2) is 36.4 Å². The van der Waals surface area contributed by atoms with Crippen molar-refractivity contribution >= 4 is 18.5 Å². The Bertz CT molecular complexity index is 606. The second kappa shape index (κ2) is 4.83. The second-order valence-electron chi connectivity index (χ2n) is 7.69. The van der Waals surface area contributed by atoms with Crippen molar-refractivity contribution in [3.8, 4) is 0 Å². The summed E-state index contributed by atoms with van der Waals surface area (Å²) in [5.41, 5.74) is 1.02. The van der Waals surface area contributed by atoms with Crippen molar-refractivity contribution in [2.75, 3.05) is 6.61 Å². The zero-order chi connectivity index (χ0) is 16.2. The molecule has 0 saturated carbocycles. The minimum Gasteiger partial charge on any atom is -0.475 e. The number of benzene rings is 1. The Balaban J connectivity index is 1.97. The maximum absolute atomic E-state index is 6.17. The summed E-state index contributed by atoms with van der Waals surface area (Å²) in [6, 6.07) is 8.01. The molecule has 0 amide bonds. The molecule has 3 rings (SSSR count). The number of aliphatic imine (C=N–C) groups is 1. The SMILES string of the molecule is CC1(C)COC(c2ccccc2B2OC(C)(C)C(C)(C)O2)=N1. The third-order valence-corrected chi connectivity index (χ3v) is 4.66. The monoisotopic (exact) mass is 301 g/mol. The largest absolute Gasteiger partial charge is 0.495 e. The molecule has 1 aromatic rings. The Morgan fingerprint density at radius 1 is 0.955 bits per heavy atom. The van der Waals surface area contributed by atoms with E-state index in [4.69, 9.17) is 14.0 Å². The van der Waals surface area contributed by atoms with E-state index >= 15 is 0 Å². The van der Waals surface area contributed by atoms with E-state index in [1.165, 1.54) is 0 Å². The van der Waals surface area contributed by atoms with Gasteiger partial charge in [0.2, 0.25) is 5.90 Å². The lowest BCUT2D eigenvalue weighted by molar-refractivity contribution is 0.00578. The molecule has 1 fully saturated rings. The van der Waals surface area contributed by atoms with Crippen LogP contribution >= 0.6 is 0 Å². The zero-order valence-corrected chi connectivity index (χ0v) is 14.3. The Kier molecular flexibility index (Phi) is 3.42. The molecule has 0 radical (unpaired) electrons.